The standard InChI is InChI=1S/C17H28F2N2/c1-2-7-16(12-13-20)8-3-14(4-9-16)21-15-5-10-17(18,19)11-6-15/h14-15,21H,2-12H2,1H3. The topological polar surface area (TPSA) is 35.8 Å². The third-order valence-electron chi connectivity index (χ3n) is 5.47. The summed E-state index contributed by atoms with van der Waals surface area (Å²) in [6.07, 6.45) is 8.61. The van der Waals surface area contributed by atoms with Gasteiger partial charge in [0, 0.05) is 31.3 Å². The summed E-state index contributed by atoms with van der Waals surface area (Å²) >= 11 is 0. The van der Waals surface area contributed by atoms with Crippen molar-refractivity contribution in [2.45, 2.75) is 95.6 Å². The first-order valence-electron chi connectivity index (χ1n) is 8.49. The van der Waals surface area contributed by atoms with Crippen LogP contribution in [-0.4, -0.2) is 18.0 Å². The van der Waals surface area contributed by atoms with Crippen LogP contribution in [0.2, 0.25) is 0 Å². The monoisotopic (exact) mass is 298 g/mol. The van der Waals surface area contributed by atoms with Crippen LogP contribution in [0, 0.1) is 16.7 Å². The molecule has 1 N–H and O–H groups in total. The van der Waals surface area contributed by atoms with E-state index in [4.69, 9.17) is 5.26 Å². The average Bonchev–Trinajstić information content (AvgIpc) is 2.44. The smallest absolute Gasteiger partial charge is 0.248 e. The molecule has 0 aromatic rings. The van der Waals surface area contributed by atoms with Crippen molar-refractivity contribution in [3.63, 3.8) is 0 Å². The maximum Gasteiger partial charge on any atom is 0.248 e. The zero-order chi connectivity index (χ0) is 15.3. The molecule has 2 aliphatic carbocycles. The first-order valence-corrected chi connectivity index (χ1v) is 8.49. The number of halogens is 2. The van der Waals surface area contributed by atoms with Crippen molar-refractivity contribution < 1.29 is 8.78 Å². The van der Waals surface area contributed by atoms with E-state index in [9.17, 15) is 8.78 Å². The van der Waals surface area contributed by atoms with Gasteiger partial charge < -0.3 is 5.32 Å². The maximum absolute atomic E-state index is 13.2. The molecule has 0 spiro atoms. The molecular formula is C17H28F2N2. The summed E-state index contributed by atoms with van der Waals surface area (Å²) in [4.78, 5) is 0. The van der Waals surface area contributed by atoms with Crippen LogP contribution >= 0.6 is 0 Å². The van der Waals surface area contributed by atoms with Gasteiger partial charge in [0.1, 0.15) is 0 Å². The fourth-order valence-corrected chi connectivity index (χ4v) is 4.15. The first kappa shape index (κ1) is 16.7. The number of nitriles is 1. The molecule has 0 saturated heterocycles. The molecule has 120 valence electrons. The highest BCUT2D eigenvalue weighted by Gasteiger charge is 2.38. The highest BCUT2D eigenvalue weighted by atomic mass is 19.3. The average molecular weight is 298 g/mol. The van der Waals surface area contributed by atoms with Crippen LogP contribution < -0.4 is 5.32 Å². The number of hydrogen-bond donors (Lipinski definition) is 1. The van der Waals surface area contributed by atoms with E-state index in [-0.39, 0.29) is 24.3 Å². The summed E-state index contributed by atoms with van der Waals surface area (Å²) in [7, 11) is 0. The van der Waals surface area contributed by atoms with E-state index in [1.165, 1.54) is 0 Å². The largest absolute Gasteiger partial charge is 0.311 e. The summed E-state index contributed by atoms with van der Waals surface area (Å²) in [6.45, 7) is 2.19. The molecule has 21 heavy (non-hydrogen) atoms. The van der Waals surface area contributed by atoms with Crippen molar-refractivity contribution in [1.82, 2.24) is 5.32 Å². The molecule has 2 nitrogen and oxygen atoms in total. The number of nitrogens with zero attached hydrogens (tertiary/aromatic N) is 1. The minimum Gasteiger partial charge on any atom is -0.311 e. The molecule has 2 aliphatic rings. The molecule has 2 fully saturated rings. The van der Waals surface area contributed by atoms with Crippen molar-refractivity contribution in [3.8, 4) is 6.07 Å². The molecule has 0 atom stereocenters. The second-order valence-electron chi connectivity index (χ2n) is 7.16. The van der Waals surface area contributed by atoms with E-state index in [0.29, 0.717) is 25.3 Å². The Morgan fingerprint density at radius 1 is 1.05 bits per heavy atom. The van der Waals surface area contributed by atoms with E-state index in [1.807, 2.05) is 0 Å². The van der Waals surface area contributed by atoms with Crippen molar-refractivity contribution in [2.24, 2.45) is 5.41 Å². The van der Waals surface area contributed by atoms with E-state index < -0.39 is 5.92 Å². The summed E-state index contributed by atoms with van der Waals surface area (Å²) in [5.41, 5.74) is 0.223. The second-order valence-corrected chi connectivity index (χ2v) is 7.16. The maximum atomic E-state index is 13.2. The molecule has 0 aromatic heterocycles. The Labute approximate surface area is 127 Å². The number of hydrogen-bond acceptors (Lipinski definition) is 2. The second kappa shape index (κ2) is 7.05. The minimum absolute atomic E-state index is 0.0333. The van der Waals surface area contributed by atoms with E-state index >= 15 is 0 Å². The van der Waals surface area contributed by atoms with Crippen LogP contribution in [0.3, 0.4) is 0 Å². The van der Waals surface area contributed by atoms with Crippen molar-refractivity contribution >= 4 is 0 Å². The highest BCUT2D eigenvalue weighted by Crippen LogP contribution is 2.43. The molecule has 0 heterocycles. The number of alkyl halides is 2. The molecule has 4 heteroatoms. The zero-order valence-corrected chi connectivity index (χ0v) is 13.1. The third-order valence-corrected chi connectivity index (χ3v) is 5.47. The Balaban J connectivity index is 1.77. The minimum atomic E-state index is -2.44. The molecule has 2 rings (SSSR count). The lowest BCUT2D eigenvalue weighted by atomic mass is 9.68. The summed E-state index contributed by atoms with van der Waals surface area (Å²) in [5.74, 6) is -2.44. The van der Waals surface area contributed by atoms with Crippen molar-refractivity contribution in [1.29, 1.82) is 5.26 Å². The fraction of sp³-hybridized carbons (Fsp3) is 0.941. The van der Waals surface area contributed by atoms with Gasteiger partial charge in [-0.3, -0.25) is 0 Å². The van der Waals surface area contributed by atoms with Crippen LogP contribution in [0.5, 0.6) is 0 Å². The van der Waals surface area contributed by atoms with Gasteiger partial charge in [-0.2, -0.15) is 5.26 Å². The molecule has 0 bridgehead atoms. The van der Waals surface area contributed by atoms with Crippen LogP contribution in [0.25, 0.3) is 0 Å². The predicted octanol–water partition coefficient (Wildman–Crippen LogP) is 4.80. The highest BCUT2D eigenvalue weighted by molar-refractivity contribution is 4.95. The van der Waals surface area contributed by atoms with E-state index in [0.717, 1.165) is 38.5 Å². The fourth-order valence-electron chi connectivity index (χ4n) is 4.15. The predicted molar refractivity (Wildman–Crippen MR) is 80.2 cm³/mol. The Morgan fingerprint density at radius 3 is 2.05 bits per heavy atom. The van der Waals surface area contributed by atoms with Gasteiger partial charge >= 0.3 is 0 Å². The Bertz CT molecular complexity index is 357. The van der Waals surface area contributed by atoms with Crippen LogP contribution in [0.15, 0.2) is 0 Å². The first-order chi connectivity index (χ1) is 9.99. The quantitative estimate of drug-likeness (QED) is 0.791. The molecule has 2 saturated carbocycles. The van der Waals surface area contributed by atoms with E-state index in [2.05, 4.69) is 18.3 Å². The third kappa shape index (κ3) is 4.64. The van der Waals surface area contributed by atoms with Gasteiger partial charge in [0.05, 0.1) is 6.07 Å². The molecule has 0 unspecified atom stereocenters. The Morgan fingerprint density at radius 2 is 1.57 bits per heavy atom. The zero-order valence-electron chi connectivity index (χ0n) is 13.1. The van der Waals surface area contributed by atoms with Gasteiger partial charge in [-0.05, 0) is 50.4 Å². The summed E-state index contributed by atoms with van der Waals surface area (Å²) in [5, 5.41) is 12.7. The summed E-state index contributed by atoms with van der Waals surface area (Å²) < 4.78 is 26.3. The molecule has 0 aliphatic heterocycles. The Kier molecular flexibility index (Phi) is 5.60. The van der Waals surface area contributed by atoms with Crippen LogP contribution in [0.1, 0.15) is 77.6 Å². The van der Waals surface area contributed by atoms with Crippen molar-refractivity contribution in [3.05, 3.63) is 0 Å². The number of rotatable bonds is 5. The van der Waals surface area contributed by atoms with Crippen LogP contribution in [-0.2, 0) is 0 Å². The van der Waals surface area contributed by atoms with Crippen LogP contribution in [0.4, 0.5) is 8.78 Å². The number of nitrogens with one attached hydrogen (secondary N) is 1. The lowest BCUT2D eigenvalue weighted by Gasteiger charge is -2.41. The van der Waals surface area contributed by atoms with Gasteiger partial charge in [-0.1, -0.05) is 13.3 Å². The SMILES string of the molecule is CCCC1(CC#N)CCC(NC2CCC(F)(F)CC2)CC1. The molecular weight excluding hydrogens is 270 g/mol. The van der Waals surface area contributed by atoms with E-state index in [1.54, 1.807) is 0 Å². The normalized spacial score (nSPS) is 33.5. The molecule has 0 amide bonds. The van der Waals surface area contributed by atoms with Gasteiger partial charge in [0.15, 0.2) is 0 Å². The van der Waals surface area contributed by atoms with Gasteiger partial charge in [-0.25, -0.2) is 8.78 Å². The molecule has 0 radical (unpaired) electrons. The summed E-state index contributed by atoms with van der Waals surface area (Å²) in [6, 6.07) is 3.10. The lowest BCUT2D eigenvalue weighted by Crippen LogP contribution is -2.45. The Hall–Kier alpha value is -0.690. The lowest BCUT2D eigenvalue weighted by molar-refractivity contribution is -0.0419. The van der Waals surface area contributed by atoms with Crippen molar-refractivity contribution in [2.75, 3.05) is 0 Å². The molecule has 0 aromatic carbocycles. The van der Waals surface area contributed by atoms with Gasteiger partial charge in [0.25, 0.3) is 0 Å². The van der Waals surface area contributed by atoms with Gasteiger partial charge in [0.2, 0.25) is 5.92 Å². The van der Waals surface area contributed by atoms with Gasteiger partial charge in [-0.15, -0.1) is 0 Å².